The van der Waals surface area contributed by atoms with Crippen LogP contribution in [0.25, 0.3) is 0 Å². The minimum absolute atomic E-state index is 0. The van der Waals surface area contributed by atoms with E-state index in [1.165, 1.54) is 22.6 Å². The summed E-state index contributed by atoms with van der Waals surface area (Å²) in [6.45, 7) is 5.79. The summed E-state index contributed by atoms with van der Waals surface area (Å²) in [5, 5.41) is 6.83. The Kier molecular flexibility index (Phi) is 8.82. The lowest BCUT2D eigenvalue weighted by Gasteiger charge is -2.17. The normalized spacial score (nSPS) is 15.0. The van der Waals surface area contributed by atoms with E-state index in [9.17, 15) is 0 Å². The fraction of sp³-hybridized carbons (Fsp3) is 0.500. The van der Waals surface area contributed by atoms with E-state index < -0.39 is 0 Å². The average molecular weight is 500 g/mol. The van der Waals surface area contributed by atoms with E-state index in [0.29, 0.717) is 18.5 Å². The monoisotopic (exact) mass is 500 g/mol. The standard InChI is InChI=1S/C20H28N4OS.HI/c1-14(10-18-7-4-15(2)26-18)24-20(21-3)23-12-17-8-9-22-19(11-17)25-13-16-5-6-16;/h4,7-9,11,14,16H,5-6,10,12-13H2,1-3H3,(H2,21,23,24);1H. The van der Waals surface area contributed by atoms with Crippen molar-refractivity contribution in [2.24, 2.45) is 10.9 Å². The summed E-state index contributed by atoms with van der Waals surface area (Å²) in [7, 11) is 1.80. The van der Waals surface area contributed by atoms with Gasteiger partial charge in [-0.25, -0.2) is 4.98 Å². The van der Waals surface area contributed by atoms with Crippen LogP contribution in [0.1, 0.15) is 35.1 Å². The second-order valence-corrected chi connectivity index (χ2v) is 8.32. The quantitative estimate of drug-likeness (QED) is 0.325. The first-order chi connectivity index (χ1) is 12.6. The SMILES string of the molecule is CN=C(NCc1ccnc(OCC2CC2)c1)NC(C)Cc1ccc(C)s1.I. The van der Waals surface area contributed by atoms with Crippen LogP contribution in [0.3, 0.4) is 0 Å². The molecule has 0 aromatic carbocycles. The molecule has 1 aliphatic carbocycles. The van der Waals surface area contributed by atoms with Gasteiger partial charge in [0, 0.05) is 48.1 Å². The van der Waals surface area contributed by atoms with Gasteiger partial charge in [0.2, 0.25) is 5.88 Å². The number of hydrogen-bond donors (Lipinski definition) is 2. The molecule has 3 rings (SSSR count). The number of nitrogens with one attached hydrogen (secondary N) is 2. The summed E-state index contributed by atoms with van der Waals surface area (Å²) < 4.78 is 5.75. The largest absolute Gasteiger partial charge is 0.477 e. The van der Waals surface area contributed by atoms with Crippen LogP contribution in [0.15, 0.2) is 35.5 Å². The molecule has 1 saturated carbocycles. The van der Waals surface area contributed by atoms with Gasteiger partial charge in [0.05, 0.1) is 6.61 Å². The maximum absolute atomic E-state index is 5.75. The summed E-state index contributed by atoms with van der Waals surface area (Å²) in [4.78, 5) is 11.4. The van der Waals surface area contributed by atoms with Crippen molar-refractivity contribution in [3.8, 4) is 5.88 Å². The Bertz CT molecular complexity index is 745. The summed E-state index contributed by atoms with van der Waals surface area (Å²) >= 11 is 1.85. The van der Waals surface area contributed by atoms with E-state index in [-0.39, 0.29) is 24.0 Å². The van der Waals surface area contributed by atoms with Gasteiger partial charge in [-0.15, -0.1) is 35.3 Å². The highest BCUT2D eigenvalue weighted by Gasteiger charge is 2.22. The number of halogens is 1. The van der Waals surface area contributed by atoms with Crippen molar-refractivity contribution in [1.82, 2.24) is 15.6 Å². The number of nitrogens with zero attached hydrogens (tertiary/aromatic N) is 2. The van der Waals surface area contributed by atoms with Gasteiger partial charge in [-0.2, -0.15) is 0 Å². The highest BCUT2D eigenvalue weighted by atomic mass is 127. The van der Waals surface area contributed by atoms with Crippen LogP contribution in [-0.2, 0) is 13.0 Å². The number of guanidine groups is 1. The van der Waals surface area contributed by atoms with Crippen LogP contribution >= 0.6 is 35.3 Å². The molecule has 27 heavy (non-hydrogen) atoms. The average Bonchev–Trinajstić information content (AvgIpc) is 3.38. The van der Waals surface area contributed by atoms with E-state index in [0.717, 1.165) is 30.5 Å². The number of hydrogen-bond acceptors (Lipinski definition) is 4. The number of aromatic nitrogens is 1. The van der Waals surface area contributed by atoms with Gasteiger partial charge in [-0.1, -0.05) is 0 Å². The van der Waals surface area contributed by atoms with Gasteiger partial charge in [0.25, 0.3) is 0 Å². The lowest BCUT2D eigenvalue weighted by atomic mass is 10.2. The van der Waals surface area contributed by atoms with Crippen molar-refractivity contribution >= 4 is 41.3 Å². The molecule has 1 aliphatic rings. The summed E-state index contributed by atoms with van der Waals surface area (Å²) in [6, 6.07) is 8.69. The lowest BCUT2D eigenvalue weighted by Crippen LogP contribution is -2.42. The first-order valence-corrected chi connectivity index (χ1v) is 10.0. The predicted octanol–water partition coefficient (Wildman–Crippen LogP) is 4.15. The molecule has 2 aromatic rings. The van der Waals surface area contributed by atoms with Crippen molar-refractivity contribution in [3.63, 3.8) is 0 Å². The molecule has 0 aliphatic heterocycles. The molecular formula is C20H29IN4OS. The molecule has 5 nitrogen and oxygen atoms in total. The van der Waals surface area contributed by atoms with Crippen LogP contribution in [0.2, 0.25) is 0 Å². The Hall–Kier alpha value is -1.35. The number of aryl methyl sites for hydroxylation is 1. The fourth-order valence-electron chi connectivity index (χ4n) is 2.69. The fourth-order valence-corrected chi connectivity index (χ4v) is 3.71. The zero-order valence-corrected chi connectivity index (χ0v) is 19.3. The van der Waals surface area contributed by atoms with Gasteiger partial charge in [0.15, 0.2) is 5.96 Å². The summed E-state index contributed by atoms with van der Waals surface area (Å²) in [5.74, 6) is 2.25. The Labute approximate surface area is 183 Å². The first kappa shape index (κ1) is 21.9. The molecule has 0 saturated heterocycles. The van der Waals surface area contributed by atoms with Gasteiger partial charge < -0.3 is 15.4 Å². The third-order valence-electron chi connectivity index (χ3n) is 4.33. The van der Waals surface area contributed by atoms with E-state index in [1.54, 1.807) is 13.2 Å². The zero-order valence-electron chi connectivity index (χ0n) is 16.2. The minimum Gasteiger partial charge on any atom is -0.477 e. The van der Waals surface area contributed by atoms with E-state index >= 15 is 0 Å². The van der Waals surface area contributed by atoms with E-state index in [2.05, 4.69) is 46.6 Å². The lowest BCUT2D eigenvalue weighted by molar-refractivity contribution is 0.288. The number of ether oxygens (including phenoxy) is 1. The van der Waals surface area contributed by atoms with Gasteiger partial charge >= 0.3 is 0 Å². The van der Waals surface area contributed by atoms with Crippen molar-refractivity contribution in [3.05, 3.63) is 45.8 Å². The van der Waals surface area contributed by atoms with Gasteiger partial charge in [0.1, 0.15) is 0 Å². The third-order valence-corrected chi connectivity index (χ3v) is 5.36. The van der Waals surface area contributed by atoms with Crippen molar-refractivity contribution < 1.29 is 4.74 Å². The van der Waals surface area contributed by atoms with E-state index in [1.807, 2.05) is 23.5 Å². The third kappa shape index (κ3) is 7.65. The topological polar surface area (TPSA) is 58.5 Å². The van der Waals surface area contributed by atoms with Crippen molar-refractivity contribution in [1.29, 1.82) is 0 Å². The molecule has 2 aromatic heterocycles. The Morgan fingerprint density at radius 1 is 1.37 bits per heavy atom. The van der Waals surface area contributed by atoms with Crippen LogP contribution in [0.5, 0.6) is 5.88 Å². The Balaban J connectivity index is 0.00000261. The van der Waals surface area contributed by atoms with Crippen LogP contribution in [0, 0.1) is 12.8 Å². The van der Waals surface area contributed by atoms with Crippen LogP contribution in [-0.4, -0.2) is 30.6 Å². The highest BCUT2D eigenvalue weighted by molar-refractivity contribution is 14.0. The molecule has 7 heteroatoms. The molecule has 1 atom stereocenters. The molecule has 0 radical (unpaired) electrons. The van der Waals surface area contributed by atoms with Gasteiger partial charge in [-0.05, 0) is 56.4 Å². The minimum atomic E-state index is 0. The zero-order chi connectivity index (χ0) is 18.4. The number of pyridine rings is 1. The van der Waals surface area contributed by atoms with Gasteiger partial charge in [-0.3, -0.25) is 4.99 Å². The second-order valence-electron chi connectivity index (χ2n) is 6.94. The number of rotatable bonds is 8. The summed E-state index contributed by atoms with van der Waals surface area (Å²) in [5.41, 5.74) is 1.13. The molecular weight excluding hydrogens is 471 g/mol. The molecule has 0 amide bonds. The summed E-state index contributed by atoms with van der Waals surface area (Å²) in [6.07, 6.45) is 5.36. The first-order valence-electron chi connectivity index (χ1n) is 9.22. The molecule has 2 heterocycles. The molecule has 1 fully saturated rings. The number of aliphatic imine (C=N–C) groups is 1. The predicted molar refractivity (Wildman–Crippen MR) is 123 cm³/mol. The van der Waals surface area contributed by atoms with Crippen molar-refractivity contribution in [2.75, 3.05) is 13.7 Å². The molecule has 0 bridgehead atoms. The highest BCUT2D eigenvalue weighted by Crippen LogP contribution is 2.29. The molecule has 0 spiro atoms. The molecule has 2 N–H and O–H groups in total. The van der Waals surface area contributed by atoms with E-state index in [4.69, 9.17) is 4.74 Å². The maximum Gasteiger partial charge on any atom is 0.213 e. The van der Waals surface area contributed by atoms with Crippen LogP contribution < -0.4 is 15.4 Å². The molecule has 1 unspecified atom stereocenters. The second kappa shape index (κ2) is 10.8. The van der Waals surface area contributed by atoms with Crippen LogP contribution in [0.4, 0.5) is 0 Å². The number of thiophene rings is 1. The Morgan fingerprint density at radius 2 is 2.19 bits per heavy atom. The maximum atomic E-state index is 5.75. The van der Waals surface area contributed by atoms with Crippen molar-refractivity contribution in [2.45, 2.75) is 45.7 Å². The smallest absolute Gasteiger partial charge is 0.213 e. The Morgan fingerprint density at radius 3 is 2.85 bits per heavy atom. The molecule has 148 valence electrons.